The molecular formula is C51H55N5S. The Kier molecular flexibility index (Phi) is 8.68. The maximum atomic E-state index is 5.57. The van der Waals surface area contributed by atoms with Gasteiger partial charge in [-0.1, -0.05) is 103 Å². The van der Waals surface area contributed by atoms with Crippen LogP contribution in [-0.4, -0.2) is 32.7 Å². The van der Waals surface area contributed by atoms with Gasteiger partial charge < -0.3 is 9.88 Å². The Bertz CT molecular complexity index is 2510. The molecule has 12 rings (SSSR count). The van der Waals surface area contributed by atoms with E-state index >= 15 is 0 Å². The van der Waals surface area contributed by atoms with Gasteiger partial charge in [-0.2, -0.15) is 0 Å². The van der Waals surface area contributed by atoms with Gasteiger partial charge in [-0.05, 0) is 134 Å². The van der Waals surface area contributed by atoms with E-state index in [0.29, 0.717) is 40.9 Å². The maximum absolute atomic E-state index is 5.57. The molecule has 9 atom stereocenters. The summed E-state index contributed by atoms with van der Waals surface area (Å²) in [6.07, 6.45) is 48.9. The molecule has 9 unspecified atom stereocenters. The van der Waals surface area contributed by atoms with Crippen molar-refractivity contribution in [1.29, 1.82) is 0 Å². The van der Waals surface area contributed by atoms with Crippen molar-refractivity contribution in [3.05, 3.63) is 141 Å². The number of aromatic nitrogens is 2. The lowest BCUT2D eigenvalue weighted by Crippen LogP contribution is -2.60. The summed E-state index contributed by atoms with van der Waals surface area (Å²) in [5.41, 5.74) is 9.26. The first-order valence-corrected chi connectivity index (χ1v) is 23.2. The molecule has 0 bridgehead atoms. The van der Waals surface area contributed by atoms with Gasteiger partial charge in [-0.25, -0.2) is 4.99 Å². The fourth-order valence-electron chi connectivity index (χ4n) is 12.5. The second kappa shape index (κ2) is 14.2. The van der Waals surface area contributed by atoms with E-state index in [2.05, 4.69) is 141 Å². The number of thioether (sulfide) groups is 1. The third-order valence-corrected chi connectivity index (χ3v) is 16.7. The highest BCUT2D eigenvalue weighted by molar-refractivity contribution is 8.04. The van der Waals surface area contributed by atoms with E-state index in [0.717, 1.165) is 50.9 Å². The van der Waals surface area contributed by atoms with E-state index in [-0.39, 0.29) is 12.3 Å². The van der Waals surface area contributed by atoms with Crippen LogP contribution in [0.15, 0.2) is 113 Å². The predicted molar refractivity (Wildman–Crippen MR) is 237 cm³/mol. The fourth-order valence-corrected chi connectivity index (χ4v) is 14.4. The molecule has 2 N–H and O–H groups in total. The maximum Gasteiger partial charge on any atom is 0.206 e. The molecule has 9 aliphatic rings. The number of aryl methyl sites for hydroxylation is 1. The quantitative estimate of drug-likeness (QED) is 0.261. The molecule has 1 fully saturated rings. The number of fused-ring (bicyclic) bond motifs is 9. The summed E-state index contributed by atoms with van der Waals surface area (Å²) in [5.74, 6) is 3.85. The van der Waals surface area contributed by atoms with Crippen LogP contribution in [-0.2, 0) is 25.7 Å². The van der Waals surface area contributed by atoms with Gasteiger partial charge in [0.1, 0.15) is 6.17 Å². The van der Waals surface area contributed by atoms with Crippen molar-refractivity contribution in [2.24, 2.45) is 34.6 Å². The lowest BCUT2D eigenvalue weighted by atomic mass is 9.67. The summed E-state index contributed by atoms with van der Waals surface area (Å²) in [4.78, 5) is 7.21. The third kappa shape index (κ3) is 5.71. The van der Waals surface area contributed by atoms with Crippen LogP contribution in [0.5, 0.6) is 0 Å². The third-order valence-electron chi connectivity index (χ3n) is 15.1. The molecule has 0 spiro atoms. The van der Waals surface area contributed by atoms with Crippen LogP contribution in [0.4, 0.5) is 0 Å². The predicted octanol–water partition coefficient (Wildman–Crippen LogP) is 8.86. The van der Waals surface area contributed by atoms with Crippen LogP contribution in [0, 0.1) is 29.6 Å². The van der Waals surface area contributed by atoms with E-state index < -0.39 is 0 Å². The summed E-state index contributed by atoms with van der Waals surface area (Å²) < 4.78 is 5.48. The fraction of sp³-hybridized carbons (Fsp3) is 0.431. The number of rotatable bonds is 4. The van der Waals surface area contributed by atoms with E-state index in [1.807, 2.05) is 0 Å². The molecule has 1 aromatic carbocycles. The Labute approximate surface area is 341 Å². The van der Waals surface area contributed by atoms with Gasteiger partial charge in [-0.15, -0.1) is 11.8 Å². The second-order valence-electron chi connectivity index (χ2n) is 18.1. The Hall–Kier alpha value is -4.26. The van der Waals surface area contributed by atoms with Gasteiger partial charge in [0.05, 0.1) is 17.6 Å². The largest absolute Gasteiger partial charge is 0.340 e. The summed E-state index contributed by atoms with van der Waals surface area (Å²) in [7, 11) is 0. The summed E-state index contributed by atoms with van der Waals surface area (Å²) in [6.45, 7) is 0. The van der Waals surface area contributed by atoms with E-state index in [9.17, 15) is 0 Å². The molecule has 0 amide bonds. The lowest BCUT2D eigenvalue weighted by Gasteiger charge is -2.44. The normalized spacial score (nSPS) is 33.5. The molecular weight excluding hydrogens is 715 g/mol. The number of hydrogen-bond donors (Lipinski definition) is 2. The zero-order valence-electron chi connectivity index (χ0n) is 33.0. The first-order chi connectivity index (χ1) is 28.3. The highest BCUT2D eigenvalue weighted by atomic mass is 32.2. The standard InChI is InChI=1S/C51H55N5S/c1-3-15-32(16-4-1)49-52-50(33-17-5-2-6-18-33)54-51(53-49)56-43-25-13-9-21-37(43)40-31-34(27-29-44(40)56)47-45(30-28-39-38-22-10-14-26-46(38)57-48(39)47)55-41-23-11-7-19-35(41)36-20-8-12-24-42(36)55/h1-5,7,10-11,14-15,17,19,21,23,25-26,28,30,32,34,38-39,45,47-50,52H,6,8-9,12-13,16,18,20,22,24,27,29,31H2,(H,53,54). The number of benzene rings is 1. The molecule has 57 heavy (non-hydrogen) atoms. The molecule has 6 heteroatoms. The Morgan fingerprint density at radius 3 is 2.63 bits per heavy atom. The molecule has 1 saturated heterocycles. The zero-order chi connectivity index (χ0) is 37.5. The lowest BCUT2D eigenvalue weighted by molar-refractivity contribution is 0.193. The Morgan fingerprint density at radius 1 is 0.789 bits per heavy atom. The minimum atomic E-state index is -0.0196. The number of para-hydroxylation sites is 1. The van der Waals surface area contributed by atoms with Crippen molar-refractivity contribution < 1.29 is 0 Å². The smallest absolute Gasteiger partial charge is 0.206 e. The van der Waals surface area contributed by atoms with E-state index in [1.165, 1.54) is 71.3 Å². The van der Waals surface area contributed by atoms with E-state index in [4.69, 9.17) is 4.99 Å². The first-order valence-electron chi connectivity index (χ1n) is 22.3. The van der Waals surface area contributed by atoms with Crippen LogP contribution < -0.4 is 21.2 Å². The highest BCUT2D eigenvalue weighted by Gasteiger charge is 2.51. The number of aliphatic imine (C=N–C) groups is 1. The van der Waals surface area contributed by atoms with Gasteiger partial charge >= 0.3 is 0 Å². The van der Waals surface area contributed by atoms with Crippen LogP contribution in [0.1, 0.15) is 86.3 Å². The van der Waals surface area contributed by atoms with Crippen molar-refractivity contribution in [3.63, 3.8) is 0 Å². The van der Waals surface area contributed by atoms with Gasteiger partial charge in [0, 0.05) is 39.4 Å². The van der Waals surface area contributed by atoms with Crippen LogP contribution >= 0.6 is 11.8 Å². The summed E-state index contributed by atoms with van der Waals surface area (Å²) in [6, 6.07) is 9.79. The molecule has 3 aromatic rings. The molecule has 2 aromatic heterocycles. The number of hydrogen-bond acceptors (Lipinski definition) is 4. The van der Waals surface area contributed by atoms with Gasteiger partial charge in [0.2, 0.25) is 5.96 Å². The van der Waals surface area contributed by atoms with Crippen LogP contribution in [0.2, 0.25) is 0 Å². The Morgan fingerprint density at radius 2 is 1.70 bits per heavy atom. The van der Waals surface area contributed by atoms with Crippen molar-refractivity contribution in [3.8, 4) is 0 Å². The van der Waals surface area contributed by atoms with Crippen molar-refractivity contribution in [1.82, 2.24) is 19.8 Å². The minimum absolute atomic E-state index is 0.0196. The average Bonchev–Trinajstić information content (AvgIpc) is 3.94. The SMILES string of the molecule is C1=CCCC(C2N=C(n3c4c(c5c3=CCCC=5)CC(C3C5SC6=CC=CCC6C5C=CC3n3c5c(c6ccccc63)CCCC5)CC4)NC(C3C=CC=CC3)N2)=C1. The number of nitrogens with zero attached hydrogens (tertiary/aromatic N) is 3. The Balaban J connectivity index is 0.967. The molecule has 5 nitrogen and oxygen atoms in total. The molecule has 4 heterocycles. The topological polar surface area (TPSA) is 46.3 Å². The number of nitrogens with one attached hydrogen (secondary N) is 2. The second-order valence-corrected chi connectivity index (χ2v) is 19.3. The molecule has 290 valence electrons. The first kappa shape index (κ1) is 34.8. The monoisotopic (exact) mass is 769 g/mol. The number of allylic oxidation sites excluding steroid dienone is 12. The van der Waals surface area contributed by atoms with Crippen LogP contribution in [0.25, 0.3) is 23.1 Å². The van der Waals surface area contributed by atoms with Gasteiger partial charge in [0.15, 0.2) is 0 Å². The van der Waals surface area contributed by atoms with Gasteiger partial charge in [-0.3, -0.25) is 9.88 Å². The van der Waals surface area contributed by atoms with E-state index in [1.54, 1.807) is 21.7 Å². The summed E-state index contributed by atoms with van der Waals surface area (Å²) in [5, 5.41) is 13.0. The van der Waals surface area contributed by atoms with Crippen molar-refractivity contribution >= 4 is 40.8 Å². The van der Waals surface area contributed by atoms with Crippen LogP contribution in [0.3, 0.4) is 0 Å². The average molecular weight is 770 g/mol. The summed E-state index contributed by atoms with van der Waals surface area (Å²) >= 11 is 2.26. The molecule has 2 aliphatic heterocycles. The molecule has 7 aliphatic carbocycles. The molecule has 0 radical (unpaired) electrons. The van der Waals surface area contributed by atoms with Crippen molar-refractivity contribution in [2.45, 2.75) is 107 Å². The highest BCUT2D eigenvalue weighted by Crippen LogP contribution is 2.59. The van der Waals surface area contributed by atoms with Gasteiger partial charge in [0.25, 0.3) is 0 Å². The zero-order valence-corrected chi connectivity index (χ0v) is 33.8. The van der Waals surface area contributed by atoms with Crippen molar-refractivity contribution in [2.75, 3.05) is 0 Å². The molecule has 0 saturated carbocycles. The minimum Gasteiger partial charge on any atom is -0.340 e.